The Bertz CT molecular complexity index is 784. The van der Waals surface area contributed by atoms with Crippen LogP contribution in [0, 0.1) is 6.92 Å². The zero-order chi connectivity index (χ0) is 15.5. The molecule has 4 nitrogen and oxygen atoms in total. The number of benzene rings is 2. The number of hydrogen-bond acceptors (Lipinski definition) is 4. The van der Waals surface area contributed by atoms with Crippen molar-refractivity contribution in [3.8, 4) is 5.75 Å². The highest BCUT2D eigenvalue weighted by molar-refractivity contribution is 5.82. The molecule has 1 atom stereocenters. The maximum Gasteiger partial charge on any atom is 0.220 e. The minimum atomic E-state index is 0.122. The largest absolute Gasteiger partial charge is 0.493 e. The maximum atomic E-state index is 5.86. The third-order valence-corrected chi connectivity index (χ3v) is 3.64. The Morgan fingerprint density at radius 2 is 1.77 bits per heavy atom. The van der Waals surface area contributed by atoms with Crippen molar-refractivity contribution >= 4 is 16.9 Å². The van der Waals surface area contributed by atoms with Gasteiger partial charge in [0.1, 0.15) is 5.75 Å². The van der Waals surface area contributed by atoms with Gasteiger partial charge in [-0.1, -0.05) is 42.8 Å². The van der Waals surface area contributed by atoms with Crippen LogP contribution in [0.2, 0.25) is 0 Å². The zero-order valence-electron chi connectivity index (χ0n) is 12.8. The molecule has 0 fully saturated rings. The number of aromatic nitrogens is 2. The second kappa shape index (κ2) is 6.02. The summed E-state index contributed by atoms with van der Waals surface area (Å²) in [5.41, 5.74) is 8.83. The molecule has 1 aromatic heterocycles. The molecule has 0 saturated carbocycles. The summed E-state index contributed by atoms with van der Waals surface area (Å²) in [7, 11) is 0. The molecule has 1 unspecified atom stereocenters. The van der Waals surface area contributed by atoms with Crippen molar-refractivity contribution in [2.45, 2.75) is 19.8 Å². The first-order valence-corrected chi connectivity index (χ1v) is 7.35. The molecule has 4 heteroatoms. The quantitative estimate of drug-likeness (QED) is 0.796. The standard InChI is InChI=1S/C18H19N3O/c1-12-7-9-14(10-8-12)22-11-13(2)17-15-5-3-4-6-16(15)20-18(19)21-17/h3-10,13H,11H2,1-2H3,(H2,19,20,21). The monoisotopic (exact) mass is 293 g/mol. The molecule has 2 N–H and O–H groups in total. The van der Waals surface area contributed by atoms with Crippen LogP contribution in [0.25, 0.3) is 10.9 Å². The molecule has 0 aliphatic rings. The van der Waals surface area contributed by atoms with Crippen molar-refractivity contribution in [1.29, 1.82) is 0 Å². The topological polar surface area (TPSA) is 61.0 Å². The van der Waals surface area contributed by atoms with Crippen LogP contribution in [0.1, 0.15) is 24.1 Å². The smallest absolute Gasteiger partial charge is 0.220 e. The average Bonchev–Trinajstić information content (AvgIpc) is 2.53. The van der Waals surface area contributed by atoms with Gasteiger partial charge in [0.25, 0.3) is 0 Å². The van der Waals surface area contributed by atoms with Crippen molar-refractivity contribution in [2.75, 3.05) is 12.3 Å². The minimum absolute atomic E-state index is 0.122. The molecule has 2 aromatic carbocycles. The molecule has 22 heavy (non-hydrogen) atoms. The summed E-state index contributed by atoms with van der Waals surface area (Å²) < 4.78 is 5.86. The third-order valence-electron chi connectivity index (χ3n) is 3.64. The van der Waals surface area contributed by atoms with Gasteiger partial charge in [0.2, 0.25) is 5.95 Å². The second-order valence-electron chi connectivity index (χ2n) is 5.51. The number of hydrogen-bond donors (Lipinski definition) is 1. The number of nitrogens with two attached hydrogens (primary N) is 1. The summed E-state index contributed by atoms with van der Waals surface area (Å²) in [6.45, 7) is 4.69. The Balaban J connectivity index is 1.82. The van der Waals surface area contributed by atoms with Crippen LogP contribution >= 0.6 is 0 Å². The van der Waals surface area contributed by atoms with Gasteiger partial charge >= 0.3 is 0 Å². The van der Waals surface area contributed by atoms with Gasteiger partial charge in [0, 0.05) is 11.3 Å². The maximum absolute atomic E-state index is 5.86. The first kappa shape index (κ1) is 14.3. The van der Waals surface area contributed by atoms with E-state index in [4.69, 9.17) is 10.5 Å². The lowest BCUT2D eigenvalue weighted by Crippen LogP contribution is -2.11. The highest BCUT2D eigenvalue weighted by atomic mass is 16.5. The molecule has 0 bridgehead atoms. The summed E-state index contributed by atoms with van der Waals surface area (Å²) in [4.78, 5) is 8.69. The molecular weight excluding hydrogens is 274 g/mol. The van der Waals surface area contributed by atoms with Crippen LogP contribution in [0.4, 0.5) is 5.95 Å². The van der Waals surface area contributed by atoms with E-state index in [9.17, 15) is 0 Å². The molecule has 0 aliphatic carbocycles. The van der Waals surface area contributed by atoms with Crippen LogP contribution in [0.5, 0.6) is 5.75 Å². The van der Waals surface area contributed by atoms with Gasteiger partial charge in [-0.15, -0.1) is 0 Å². The van der Waals surface area contributed by atoms with Crippen molar-refractivity contribution in [2.24, 2.45) is 0 Å². The molecule has 0 saturated heterocycles. The van der Waals surface area contributed by atoms with E-state index >= 15 is 0 Å². The summed E-state index contributed by atoms with van der Waals surface area (Å²) in [5, 5.41) is 1.02. The fourth-order valence-electron chi connectivity index (χ4n) is 2.43. The Labute approximate surface area is 130 Å². The van der Waals surface area contributed by atoms with Gasteiger partial charge in [-0.25, -0.2) is 9.97 Å². The van der Waals surface area contributed by atoms with E-state index in [2.05, 4.69) is 23.8 Å². The summed E-state index contributed by atoms with van der Waals surface area (Å²) in [6, 6.07) is 15.9. The van der Waals surface area contributed by atoms with Crippen molar-refractivity contribution in [3.63, 3.8) is 0 Å². The Morgan fingerprint density at radius 3 is 2.55 bits per heavy atom. The number of nitrogens with zero attached hydrogens (tertiary/aromatic N) is 2. The molecular formula is C18H19N3O. The number of ether oxygens (including phenoxy) is 1. The van der Waals surface area contributed by atoms with E-state index in [-0.39, 0.29) is 5.92 Å². The van der Waals surface area contributed by atoms with Crippen molar-refractivity contribution < 1.29 is 4.74 Å². The lowest BCUT2D eigenvalue weighted by molar-refractivity contribution is 0.294. The van der Waals surface area contributed by atoms with Gasteiger partial charge in [-0.2, -0.15) is 0 Å². The average molecular weight is 293 g/mol. The lowest BCUT2D eigenvalue weighted by Gasteiger charge is -2.15. The van der Waals surface area contributed by atoms with Crippen LogP contribution in [0.15, 0.2) is 48.5 Å². The van der Waals surface area contributed by atoms with E-state index in [1.807, 2.05) is 48.5 Å². The summed E-state index contributed by atoms with van der Waals surface area (Å²) in [6.07, 6.45) is 0. The number of rotatable bonds is 4. The minimum Gasteiger partial charge on any atom is -0.493 e. The molecule has 0 spiro atoms. The molecule has 3 rings (SSSR count). The molecule has 0 aliphatic heterocycles. The predicted octanol–water partition coefficient (Wildman–Crippen LogP) is 3.70. The molecule has 0 amide bonds. The van der Waals surface area contributed by atoms with Crippen LogP contribution < -0.4 is 10.5 Å². The Hall–Kier alpha value is -2.62. The van der Waals surface area contributed by atoms with Crippen molar-refractivity contribution in [1.82, 2.24) is 9.97 Å². The SMILES string of the molecule is Cc1ccc(OCC(C)c2nc(N)nc3ccccc23)cc1. The van der Waals surface area contributed by atoms with E-state index in [0.717, 1.165) is 22.3 Å². The van der Waals surface area contributed by atoms with E-state index in [0.29, 0.717) is 12.6 Å². The van der Waals surface area contributed by atoms with E-state index in [1.165, 1.54) is 5.56 Å². The Kier molecular flexibility index (Phi) is 3.92. The van der Waals surface area contributed by atoms with E-state index in [1.54, 1.807) is 0 Å². The number of anilines is 1. The highest BCUT2D eigenvalue weighted by Gasteiger charge is 2.14. The number of fused-ring (bicyclic) bond motifs is 1. The normalized spacial score (nSPS) is 12.3. The predicted molar refractivity (Wildman–Crippen MR) is 89.0 cm³/mol. The van der Waals surface area contributed by atoms with Gasteiger partial charge in [-0.05, 0) is 25.1 Å². The first-order chi connectivity index (χ1) is 10.6. The fraction of sp³-hybridized carbons (Fsp3) is 0.222. The van der Waals surface area contributed by atoms with Gasteiger partial charge in [-0.3, -0.25) is 0 Å². The highest BCUT2D eigenvalue weighted by Crippen LogP contribution is 2.24. The molecule has 1 heterocycles. The third kappa shape index (κ3) is 3.01. The first-order valence-electron chi connectivity index (χ1n) is 7.35. The molecule has 3 aromatic rings. The summed E-state index contributed by atoms with van der Waals surface area (Å²) >= 11 is 0. The number of aryl methyl sites for hydroxylation is 1. The lowest BCUT2D eigenvalue weighted by atomic mass is 10.0. The van der Waals surface area contributed by atoms with Gasteiger partial charge in [0.05, 0.1) is 17.8 Å². The van der Waals surface area contributed by atoms with Crippen molar-refractivity contribution in [3.05, 3.63) is 59.8 Å². The van der Waals surface area contributed by atoms with Gasteiger partial charge in [0.15, 0.2) is 0 Å². The number of nitrogen functional groups attached to an aromatic ring is 1. The van der Waals surface area contributed by atoms with Crippen LogP contribution in [-0.4, -0.2) is 16.6 Å². The van der Waals surface area contributed by atoms with Crippen LogP contribution in [-0.2, 0) is 0 Å². The summed E-state index contributed by atoms with van der Waals surface area (Å²) in [5.74, 6) is 1.29. The van der Waals surface area contributed by atoms with Gasteiger partial charge < -0.3 is 10.5 Å². The zero-order valence-corrected chi connectivity index (χ0v) is 12.8. The molecule has 0 radical (unpaired) electrons. The second-order valence-corrected chi connectivity index (χ2v) is 5.51. The van der Waals surface area contributed by atoms with E-state index < -0.39 is 0 Å². The molecule has 112 valence electrons. The Morgan fingerprint density at radius 1 is 1.05 bits per heavy atom. The number of para-hydroxylation sites is 1. The fourth-order valence-corrected chi connectivity index (χ4v) is 2.43. The van der Waals surface area contributed by atoms with Crippen LogP contribution in [0.3, 0.4) is 0 Å².